The van der Waals surface area contributed by atoms with Gasteiger partial charge in [-0.1, -0.05) is 0 Å². The number of ether oxygens (including phenoxy) is 1. The SMILES string of the molecule is O=[N+]([O-])c1ccc(Oc2ccc(-n3cncn3)cc2)nc1N1CCCCC1. The van der Waals surface area contributed by atoms with E-state index < -0.39 is 4.92 Å². The number of aromatic nitrogens is 4. The molecule has 0 N–H and O–H groups in total. The maximum atomic E-state index is 11.4. The van der Waals surface area contributed by atoms with E-state index in [4.69, 9.17) is 4.74 Å². The largest absolute Gasteiger partial charge is 0.439 e. The summed E-state index contributed by atoms with van der Waals surface area (Å²) in [4.78, 5) is 21.3. The molecule has 27 heavy (non-hydrogen) atoms. The van der Waals surface area contributed by atoms with Crippen molar-refractivity contribution in [3.8, 4) is 17.3 Å². The van der Waals surface area contributed by atoms with Crippen LogP contribution in [0, 0.1) is 10.1 Å². The third-order valence-electron chi connectivity index (χ3n) is 4.42. The number of anilines is 1. The van der Waals surface area contributed by atoms with Gasteiger partial charge in [0.1, 0.15) is 18.4 Å². The first kappa shape index (κ1) is 17.0. The zero-order valence-corrected chi connectivity index (χ0v) is 14.6. The van der Waals surface area contributed by atoms with Gasteiger partial charge in [0, 0.05) is 25.2 Å². The van der Waals surface area contributed by atoms with Crippen LogP contribution in [0.2, 0.25) is 0 Å². The lowest BCUT2D eigenvalue weighted by Crippen LogP contribution is -2.30. The van der Waals surface area contributed by atoms with Crippen LogP contribution in [0.4, 0.5) is 11.5 Å². The number of nitrogens with zero attached hydrogens (tertiary/aromatic N) is 6. The summed E-state index contributed by atoms with van der Waals surface area (Å²) >= 11 is 0. The van der Waals surface area contributed by atoms with E-state index in [1.807, 2.05) is 17.0 Å². The van der Waals surface area contributed by atoms with Crippen molar-refractivity contribution in [2.75, 3.05) is 18.0 Å². The van der Waals surface area contributed by atoms with Crippen molar-refractivity contribution in [2.24, 2.45) is 0 Å². The second-order valence-electron chi connectivity index (χ2n) is 6.23. The first-order chi connectivity index (χ1) is 13.2. The van der Waals surface area contributed by atoms with Gasteiger partial charge in [0.15, 0.2) is 0 Å². The molecule has 0 atom stereocenters. The first-order valence-electron chi connectivity index (χ1n) is 8.74. The molecule has 0 amide bonds. The topological polar surface area (TPSA) is 99.2 Å². The maximum absolute atomic E-state index is 11.4. The molecule has 9 nitrogen and oxygen atoms in total. The van der Waals surface area contributed by atoms with E-state index >= 15 is 0 Å². The fourth-order valence-corrected chi connectivity index (χ4v) is 3.09. The fourth-order valence-electron chi connectivity index (χ4n) is 3.09. The molecular weight excluding hydrogens is 348 g/mol. The van der Waals surface area contributed by atoms with Gasteiger partial charge in [0.2, 0.25) is 11.7 Å². The van der Waals surface area contributed by atoms with E-state index in [2.05, 4.69) is 15.1 Å². The molecule has 2 aromatic heterocycles. The Kier molecular flexibility index (Phi) is 4.65. The Labute approximate surface area is 155 Å². The normalized spacial score (nSPS) is 14.1. The summed E-state index contributed by atoms with van der Waals surface area (Å²) in [6, 6.07) is 10.3. The number of nitro groups is 1. The van der Waals surface area contributed by atoms with Crippen molar-refractivity contribution in [3.05, 3.63) is 59.2 Å². The highest BCUT2D eigenvalue weighted by Crippen LogP contribution is 2.32. The standard InChI is InChI=1S/C18H18N6O3/c25-24(26)16-8-9-17(21-18(16)22-10-2-1-3-11-22)27-15-6-4-14(5-7-15)23-13-19-12-20-23/h4-9,12-13H,1-3,10-11H2. The van der Waals surface area contributed by atoms with Crippen LogP contribution in [0.15, 0.2) is 49.1 Å². The van der Waals surface area contributed by atoms with Crippen LogP contribution in [0.5, 0.6) is 11.6 Å². The molecule has 3 aromatic rings. The molecule has 1 aromatic carbocycles. The summed E-state index contributed by atoms with van der Waals surface area (Å²) < 4.78 is 7.45. The molecule has 1 aliphatic heterocycles. The summed E-state index contributed by atoms with van der Waals surface area (Å²) in [5.41, 5.74) is 0.858. The third kappa shape index (κ3) is 3.71. The predicted octanol–water partition coefficient (Wildman–Crippen LogP) is 3.35. The Hall–Kier alpha value is -3.49. The summed E-state index contributed by atoms with van der Waals surface area (Å²) in [5, 5.41) is 15.4. The molecule has 0 bridgehead atoms. The van der Waals surface area contributed by atoms with Gasteiger partial charge in [-0.05, 0) is 43.5 Å². The quantitative estimate of drug-likeness (QED) is 0.504. The number of hydrogen-bond donors (Lipinski definition) is 0. The van der Waals surface area contributed by atoms with Crippen LogP contribution in [0.1, 0.15) is 19.3 Å². The van der Waals surface area contributed by atoms with Crippen molar-refractivity contribution in [2.45, 2.75) is 19.3 Å². The van der Waals surface area contributed by atoms with Gasteiger partial charge in [-0.2, -0.15) is 10.1 Å². The Morgan fingerprint density at radius 2 is 1.81 bits per heavy atom. The Balaban J connectivity index is 1.57. The van der Waals surface area contributed by atoms with E-state index in [0.29, 0.717) is 17.4 Å². The summed E-state index contributed by atoms with van der Waals surface area (Å²) in [6.45, 7) is 1.54. The van der Waals surface area contributed by atoms with E-state index in [9.17, 15) is 10.1 Å². The van der Waals surface area contributed by atoms with E-state index in [-0.39, 0.29) is 5.69 Å². The predicted molar refractivity (Wildman–Crippen MR) is 98.4 cm³/mol. The van der Waals surface area contributed by atoms with E-state index in [0.717, 1.165) is 38.0 Å². The van der Waals surface area contributed by atoms with Gasteiger partial charge in [-0.25, -0.2) is 9.67 Å². The van der Waals surface area contributed by atoms with Crippen LogP contribution >= 0.6 is 0 Å². The fraction of sp³-hybridized carbons (Fsp3) is 0.278. The Bertz CT molecular complexity index is 921. The number of hydrogen-bond acceptors (Lipinski definition) is 7. The number of piperidine rings is 1. The highest BCUT2D eigenvalue weighted by molar-refractivity contribution is 5.59. The second-order valence-corrected chi connectivity index (χ2v) is 6.23. The van der Waals surface area contributed by atoms with Crippen molar-refractivity contribution in [3.63, 3.8) is 0 Å². The lowest BCUT2D eigenvalue weighted by Gasteiger charge is -2.27. The average Bonchev–Trinajstić information content (AvgIpc) is 3.24. The van der Waals surface area contributed by atoms with Gasteiger partial charge in [0.05, 0.1) is 10.6 Å². The highest BCUT2D eigenvalue weighted by atomic mass is 16.6. The molecule has 0 aliphatic carbocycles. The zero-order chi connectivity index (χ0) is 18.6. The monoisotopic (exact) mass is 366 g/mol. The molecule has 0 unspecified atom stereocenters. The molecule has 3 heterocycles. The van der Waals surface area contributed by atoms with Crippen molar-refractivity contribution in [1.82, 2.24) is 19.7 Å². The Morgan fingerprint density at radius 3 is 2.48 bits per heavy atom. The minimum absolute atomic E-state index is 0.00535. The average molecular weight is 366 g/mol. The first-order valence-corrected chi connectivity index (χ1v) is 8.74. The van der Waals surface area contributed by atoms with Crippen LogP contribution in [-0.2, 0) is 0 Å². The molecule has 1 fully saturated rings. The van der Waals surface area contributed by atoms with Crippen molar-refractivity contribution < 1.29 is 9.66 Å². The molecule has 138 valence electrons. The molecular formula is C18H18N6O3. The smallest absolute Gasteiger partial charge is 0.311 e. The maximum Gasteiger partial charge on any atom is 0.311 e. The summed E-state index contributed by atoms with van der Waals surface area (Å²) in [5.74, 6) is 1.29. The zero-order valence-electron chi connectivity index (χ0n) is 14.6. The van der Waals surface area contributed by atoms with Crippen LogP contribution in [0.3, 0.4) is 0 Å². The molecule has 1 saturated heterocycles. The van der Waals surface area contributed by atoms with E-state index in [1.54, 1.807) is 23.1 Å². The lowest BCUT2D eigenvalue weighted by atomic mass is 10.1. The molecule has 4 rings (SSSR count). The third-order valence-corrected chi connectivity index (χ3v) is 4.42. The van der Waals surface area contributed by atoms with Crippen LogP contribution in [0.25, 0.3) is 5.69 Å². The molecule has 1 aliphatic rings. The van der Waals surface area contributed by atoms with E-state index in [1.165, 1.54) is 18.5 Å². The second kappa shape index (κ2) is 7.40. The van der Waals surface area contributed by atoms with Gasteiger partial charge in [0.25, 0.3) is 0 Å². The minimum Gasteiger partial charge on any atom is -0.439 e. The van der Waals surface area contributed by atoms with Crippen LogP contribution in [-0.4, -0.2) is 37.8 Å². The number of benzene rings is 1. The van der Waals surface area contributed by atoms with Crippen LogP contribution < -0.4 is 9.64 Å². The Morgan fingerprint density at radius 1 is 1.04 bits per heavy atom. The molecule has 0 spiro atoms. The molecule has 9 heteroatoms. The highest BCUT2D eigenvalue weighted by Gasteiger charge is 2.23. The molecule has 0 radical (unpaired) electrons. The molecule has 0 saturated carbocycles. The lowest BCUT2D eigenvalue weighted by molar-refractivity contribution is -0.384. The summed E-state index contributed by atoms with van der Waals surface area (Å²) in [7, 11) is 0. The van der Waals surface area contributed by atoms with Crippen molar-refractivity contribution in [1.29, 1.82) is 0 Å². The number of pyridine rings is 1. The summed E-state index contributed by atoms with van der Waals surface area (Å²) in [6.07, 6.45) is 6.23. The van der Waals surface area contributed by atoms with Gasteiger partial charge in [-0.15, -0.1) is 0 Å². The van der Waals surface area contributed by atoms with Gasteiger partial charge >= 0.3 is 5.69 Å². The number of rotatable bonds is 5. The van der Waals surface area contributed by atoms with Gasteiger partial charge in [-0.3, -0.25) is 10.1 Å². The minimum atomic E-state index is -0.395. The van der Waals surface area contributed by atoms with Gasteiger partial charge < -0.3 is 9.64 Å². The van der Waals surface area contributed by atoms with Crippen molar-refractivity contribution >= 4 is 11.5 Å².